The predicted molar refractivity (Wildman–Crippen MR) is 98.7 cm³/mol. The Balaban J connectivity index is 0.000000138. The molecule has 0 radical (unpaired) electrons. The number of hydrogen-bond acceptors (Lipinski definition) is 3. The minimum absolute atomic E-state index is 0.0406. The van der Waals surface area contributed by atoms with Gasteiger partial charge in [0, 0.05) is 52.5 Å². The lowest BCUT2D eigenvalue weighted by Crippen LogP contribution is -2.47. The Bertz CT molecular complexity index is 699. The van der Waals surface area contributed by atoms with E-state index in [1.807, 2.05) is 0 Å². The van der Waals surface area contributed by atoms with E-state index in [1.165, 1.54) is 49.7 Å². The first-order valence-corrected chi connectivity index (χ1v) is 11.4. The summed E-state index contributed by atoms with van der Waals surface area (Å²) < 4.78 is 48.5. The molecule has 0 N–H and O–H groups in total. The van der Waals surface area contributed by atoms with Gasteiger partial charge >= 0.3 is 6.18 Å². The Labute approximate surface area is 160 Å². The molecule has 0 bridgehead atoms. The lowest BCUT2D eigenvalue weighted by atomic mass is 9.91. The highest BCUT2D eigenvalue weighted by atomic mass is 32.2. The van der Waals surface area contributed by atoms with E-state index in [-0.39, 0.29) is 6.04 Å². The van der Waals surface area contributed by atoms with Crippen molar-refractivity contribution in [2.75, 3.05) is 24.6 Å². The van der Waals surface area contributed by atoms with Gasteiger partial charge in [0.05, 0.1) is 0 Å². The summed E-state index contributed by atoms with van der Waals surface area (Å²) in [5.41, 5.74) is -0.339. The monoisotopic (exact) mass is 403 g/mol. The summed E-state index contributed by atoms with van der Waals surface area (Å²) in [4.78, 5) is 2.72. The SMILES string of the molecule is CC(C)n1ccc(C(F)(F)F)n1.O=S1CC2(CCN(C3CC4CC4C3)C2)C1. The third-order valence-corrected chi connectivity index (χ3v) is 8.43. The van der Waals surface area contributed by atoms with Gasteiger partial charge in [-0.15, -0.1) is 0 Å². The van der Waals surface area contributed by atoms with Crippen LogP contribution < -0.4 is 0 Å². The fourth-order valence-electron chi connectivity index (χ4n) is 4.92. The molecule has 4 nitrogen and oxygen atoms in total. The molecule has 152 valence electrons. The second-order valence-electron chi connectivity index (χ2n) is 9.10. The summed E-state index contributed by atoms with van der Waals surface area (Å²) >= 11 is 0. The Morgan fingerprint density at radius 3 is 2.37 bits per heavy atom. The highest BCUT2D eigenvalue weighted by Gasteiger charge is 2.53. The topological polar surface area (TPSA) is 38.1 Å². The summed E-state index contributed by atoms with van der Waals surface area (Å²) in [5, 5.41) is 3.37. The van der Waals surface area contributed by atoms with Gasteiger partial charge in [-0.3, -0.25) is 13.8 Å². The van der Waals surface area contributed by atoms with Crippen molar-refractivity contribution in [3.05, 3.63) is 18.0 Å². The number of aromatic nitrogens is 2. The van der Waals surface area contributed by atoms with Crippen LogP contribution in [0.4, 0.5) is 13.2 Å². The summed E-state index contributed by atoms with van der Waals surface area (Å²) in [7, 11) is -0.462. The average molecular weight is 404 g/mol. The van der Waals surface area contributed by atoms with E-state index in [1.54, 1.807) is 13.8 Å². The van der Waals surface area contributed by atoms with Crippen LogP contribution in [0.5, 0.6) is 0 Å². The van der Waals surface area contributed by atoms with E-state index in [4.69, 9.17) is 0 Å². The Morgan fingerprint density at radius 2 is 1.89 bits per heavy atom. The predicted octanol–water partition coefficient (Wildman–Crippen LogP) is 3.72. The molecule has 1 aromatic rings. The van der Waals surface area contributed by atoms with Gasteiger partial charge in [-0.05, 0) is 64.0 Å². The molecule has 3 heterocycles. The number of likely N-dealkylation sites (tertiary alicyclic amines) is 1. The van der Waals surface area contributed by atoms with E-state index in [0.29, 0.717) is 5.41 Å². The number of halogens is 3. The molecule has 4 aliphatic rings. The van der Waals surface area contributed by atoms with Crippen molar-refractivity contribution in [2.45, 2.75) is 57.8 Å². The Kier molecular flexibility index (Phi) is 4.94. The summed E-state index contributed by atoms with van der Waals surface area (Å²) in [6, 6.07) is 1.84. The molecule has 27 heavy (non-hydrogen) atoms. The van der Waals surface area contributed by atoms with E-state index in [2.05, 4.69) is 10.00 Å². The van der Waals surface area contributed by atoms with Crippen molar-refractivity contribution in [2.24, 2.45) is 17.3 Å². The number of fused-ring (bicyclic) bond motifs is 1. The largest absolute Gasteiger partial charge is 0.435 e. The van der Waals surface area contributed by atoms with Gasteiger partial charge in [-0.2, -0.15) is 18.3 Å². The van der Waals surface area contributed by atoms with E-state index >= 15 is 0 Å². The Morgan fingerprint density at radius 1 is 1.22 bits per heavy atom. The van der Waals surface area contributed by atoms with Crippen LogP contribution in [0.2, 0.25) is 0 Å². The zero-order valence-electron chi connectivity index (χ0n) is 15.9. The van der Waals surface area contributed by atoms with Gasteiger partial charge in [0.2, 0.25) is 0 Å². The quantitative estimate of drug-likeness (QED) is 0.755. The summed E-state index contributed by atoms with van der Waals surface area (Å²) in [6.45, 7) is 6.10. The standard InChI is InChI=1S/C12H19NOS.C7H9F3N2/c14-15-7-12(8-15)1-2-13(6-12)11-4-9-3-10(9)5-11;1-5(2)12-4-3-6(11-12)7(8,9)10/h9-11H,1-8H2;3-5H,1-2H3. The number of nitrogens with zero attached hydrogens (tertiary/aromatic N) is 3. The van der Waals surface area contributed by atoms with Crippen molar-refractivity contribution in [3.8, 4) is 0 Å². The molecule has 1 spiro atoms. The van der Waals surface area contributed by atoms with E-state index in [9.17, 15) is 17.4 Å². The first-order valence-electron chi connectivity index (χ1n) is 9.87. The number of alkyl halides is 3. The lowest BCUT2D eigenvalue weighted by molar-refractivity contribution is -0.141. The van der Waals surface area contributed by atoms with Gasteiger partial charge in [-0.25, -0.2) is 0 Å². The van der Waals surface area contributed by atoms with Crippen molar-refractivity contribution >= 4 is 10.8 Å². The van der Waals surface area contributed by atoms with Crippen LogP contribution in [0.3, 0.4) is 0 Å². The van der Waals surface area contributed by atoms with Crippen molar-refractivity contribution in [1.82, 2.24) is 14.7 Å². The molecular formula is C19H28F3N3OS. The molecule has 2 saturated carbocycles. The molecule has 2 atom stereocenters. The normalized spacial score (nSPS) is 37.9. The zero-order valence-corrected chi connectivity index (χ0v) is 16.7. The van der Waals surface area contributed by atoms with Crippen LogP contribution >= 0.6 is 0 Å². The maximum Gasteiger partial charge on any atom is 0.435 e. The average Bonchev–Trinajstić information content (AvgIpc) is 3.03. The van der Waals surface area contributed by atoms with Crippen molar-refractivity contribution in [3.63, 3.8) is 0 Å². The first-order chi connectivity index (χ1) is 12.7. The second kappa shape index (κ2) is 6.87. The van der Waals surface area contributed by atoms with Crippen molar-refractivity contribution in [1.29, 1.82) is 0 Å². The van der Waals surface area contributed by atoms with Gasteiger partial charge in [-0.1, -0.05) is 0 Å². The molecule has 5 rings (SSSR count). The fraction of sp³-hybridized carbons (Fsp3) is 0.842. The lowest BCUT2D eigenvalue weighted by Gasteiger charge is -2.38. The molecule has 2 aliphatic carbocycles. The van der Waals surface area contributed by atoms with Crippen LogP contribution in [-0.2, 0) is 17.0 Å². The van der Waals surface area contributed by atoms with Gasteiger partial charge in [0.1, 0.15) is 0 Å². The van der Waals surface area contributed by atoms with Gasteiger partial charge in [0.25, 0.3) is 0 Å². The van der Waals surface area contributed by atoms with Crippen LogP contribution in [0.25, 0.3) is 0 Å². The van der Waals surface area contributed by atoms with Crippen LogP contribution in [0, 0.1) is 17.3 Å². The van der Waals surface area contributed by atoms with E-state index < -0.39 is 22.7 Å². The zero-order chi connectivity index (χ0) is 19.4. The number of hydrogen-bond donors (Lipinski definition) is 0. The minimum Gasteiger partial charge on any atom is -0.300 e. The third-order valence-electron chi connectivity index (χ3n) is 6.57. The molecular weight excluding hydrogens is 375 g/mol. The fourth-order valence-corrected chi connectivity index (χ4v) is 6.67. The maximum absolute atomic E-state index is 12.0. The van der Waals surface area contributed by atoms with Crippen LogP contribution in [0.15, 0.2) is 12.3 Å². The molecule has 0 aromatic carbocycles. The van der Waals surface area contributed by atoms with Gasteiger partial charge in [0.15, 0.2) is 5.69 Å². The highest BCUT2D eigenvalue weighted by Crippen LogP contribution is 2.54. The highest BCUT2D eigenvalue weighted by molar-refractivity contribution is 7.86. The van der Waals surface area contributed by atoms with E-state index in [0.717, 1.165) is 35.4 Å². The van der Waals surface area contributed by atoms with Gasteiger partial charge < -0.3 is 0 Å². The Hall–Kier alpha value is -0.890. The van der Waals surface area contributed by atoms with Crippen LogP contribution in [-0.4, -0.2) is 49.5 Å². The first kappa shape index (κ1) is 19.4. The molecule has 4 fully saturated rings. The maximum atomic E-state index is 12.0. The smallest absolute Gasteiger partial charge is 0.300 e. The summed E-state index contributed by atoms with van der Waals surface area (Å²) in [5.74, 6) is 4.20. The molecule has 1 aromatic heterocycles. The minimum atomic E-state index is -4.33. The molecule has 2 unspecified atom stereocenters. The third kappa shape index (κ3) is 4.11. The molecule has 8 heteroatoms. The molecule has 0 amide bonds. The summed E-state index contributed by atoms with van der Waals surface area (Å²) in [6.07, 6.45) is 2.80. The molecule has 2 aliphatic heterocycles. The molecule has 2 saturated heterocycles. The van der Waals surface area contributed by atoms with Crippen molar-refractivity contribution < 1.29 is 17.4 Å². The van der Waals surface area contributed by atoms with Crippen LogP contribution in [0.1, 0.15) is 51.3 Å². The second-order valence-corrected chi connectivity index (χ2v) is 10.6. The number of rotatable bonds is 2.